The highest BCUT2D eigenvalue weighted by Gasteiger charge is 2.20. The average molecular weight is 271 g/mol. The van der Waals surface area contributed by atoms with Crippen LogP contribution in [-0.4, -0.2) is 12.6 Å². The summed E-state index contributed by atoms with van der Waals surface area (Å²) in [6.45, 7) is 1.83. The Kier molecular flexibility index (Phi) is 5.10. The van der Waals surface area contributed by atoms with E-state index in [9.17, 15) is 13.6 Å². The fourth-order valence-electron chi connectivity index (χ4n) is 1.50. The van der Waals surface area contributed by atoms with Crippen LogP contribution in [0.4, 0.5) is 8.78 Å². The summed E-state index contributed by atoms with van der Waals surface area (Å²) in [7, 11) is 0. The van der Waals surface area contributed by atoms with Crippen LogP contribution in [0, 0.1) is 11.3 Å². The van der Waals surface area contributed by atoms with E-state index in [2.05, 4.69) is 12.6 Å². The summed E-state index contributed by atoms with van der Waals surface area (Å²) < 4.78 is 30.2. The zero-order chi connectivity index (χ0) is 13.7. The minimum Gasteiger partial charge on any atom is -0.466 e. The van der Waals surface area contributed by atoms with Gasteiger partial charge >= 0.3 is 5.97 Å². The second-order valence-corrected chi connectivity index (χ2v) is 3.90. The molecule has 1 aromatic carbocycles. The number of ether oxygens (including phenoxy) is 1. The van der Waals surface area contributed by atoms with E-state index in [0.29, 0.717) is 4.90 Å². The summed E-state index contributed by atoms with van der Waals surface area (Å²) in [4.78, 5) is 11.7. The fraction of sp³-hybridized carbons (Fsp3) is 0.333. The average Bonchev–Trinajstić information content (AvgIpc) is 2.31. The Balaban J connectivity index is 3.21. The number of esters is 1. The molecule has 0 fully saturated rings. The Morgan fingerprint density at radius 2 is 2.22 bits per heavy atom. The predicted molar refractivity (Wildman–Crippen MR) is 63.7 cm³/mol. The number of hydrogen-bond acceptors (Lipinski definition) is 4. The van der Waals surface area contributed by atoms with Gasteiger partial charge in [-0.3, -0.25) is 4.79 Å². The van der Waals surface area contributed by atoms with E-state index in [0.717, 1.165) is 6.07 Å². The van der Waals surface area contributed by atoms with Crippen LogP contribution in [0.3, 0.4) is 0 Å². The summed E-state index contributed by atoms with van der Waals surface area (Å²) >= 11 is 4.08. The Bertz CT molecular complexity index is 498. The van der Waals surface area contributed by atoms with E-state index in [1.54, 1.807) is 13.0 Å². The van der Waals surface area contributed by atoms with Crippen molar-refractivity contribution in [2.24, 2.45) is 0 Å². The molecule has 0 aromatic heterocycles. The molecule has 0 radical (unpaired) electrons. The minimum absolute atomic E-state index is 0.178. The van der Waals surface area contributed by atoms with Gasteiger partial charge in [0.05, 0.1) is 24.7 Å². The molecule has 0 aliphatic rings. The summed E-state index contributed by atoms with van der Waals surface area (Å²) in [6.07, 6.45) is -3.01. The standard InChI is InChI=1S/C12H11F2NO2S/c1-2-17-11(16)5-8-9(6-15)7(12(13)14)3-4-10(8)18/h3-4,12,18H,2,5H2,1H3. The van der Waals surface area contributed by atoms with Gasteiger partial charge in [-0.05, 0) is 18.6 Å². The van der Waals surface area contributed by atoms with Gasteiger partial charge in [0.1, 0.15) is 0 Å². The molecule has 3 nitrogen and oxygen atoms in total. The van der Waals surface area contributed by atoms with E-state index in [1.165, 1.54) is 6.07 Å². The molecule has 18 heavy (non-hydrogen) atoms. The third kappa shape index (κ3) is 3.20. The first-order valence-corrected chi connectivity index (χ1v) is 5.64. The number of nitrogens with zero attached hydrogens (tertiary/aromatic N) is 1. The van der Waals surface area contributed by atoms with Gasteiger partial charge in [0.15, 0.2) is 0 Å². The lowest BCUT2D eigenvalue weighted by Crippen LogP contribution is -2.10. The molecule has 6 heteroatoms. The highest BCUT2D eigenvalue weighted by Crippen LogP contribution is 2.29. The van der Waals surface area contributed by atoms with Gasteiger partial charge in [-0.25, -0.2) is 8.78 Å². The predicted octanol–water partition coefficient (Wildman–Crippen LogP) is 2.89. The number of halogens is 2. The van der Waals surface area contributed by atoms with Crippen LogP contribution >= 0.6 is 12.6 Å². The van der Waals surface area contributed by atoms with Gasteiger partial charge < -0.3 is 4.74 Å². The molecule has 0 spiro atoms. The van der Waals surface area contributed by atoms with E-state index in [1.807, 2.05) is 0 Å². The highest BCUT2D eigenvalue weighted by molar-refractivity contribution is 7.80. The lowest BCUT2D eigenvalue weighted by atomic mass is 9.99. The van der Waals surface area contributed by atoms with Crippen LogP contribution in [0.5, 0.6) is 0 Å². The van der Waals surface area contributed by atoms with Crippen molar-refractivity contribution in [3.63, 3.8) is 0 Å². The van der Waals surface area contributed by atoms with Crippen molar-refractivity contribution < 1.29 is 18.3 Å². The van der Waals surface area contributed by atoms with Crippen molar-refractivity contribution in [3.05, 3.63) is 28.8 Å². The summed E-state index contributed by atoms with van der Waals surface area (Å²) in [5.41, 5.74) is -0.419. The monoisotopic (exact) mass is 271 g/mol. The smallest absolute Gasteiger partial charge is 0.310 e. The summed E-state index contributed by atoms with van der Waals surface area (Å²) in [5.74, 6) is -0.573. The lowest BCUT2D eigenvalue weighted by molar-refractivity contribution is -0.142. The van der Waals surface area contributed by atoms with Gasteiger partial charge in [-0.1, -0.05) is 6.07 Å². The van der Waals surface area contributed by atoms with Crippen LogP contribution in [0.1, 0.15) is 30.0 Å². The van der Waals surface area contributed by atoms with Crippen LogP contribution < -0.4 is 0 Å². The Morgan fingerprint density at radius 3 is 2.72 bits per heavy atom. The number of carbonyl (C=O) groups excluding carboxylic acids is 1. The maximum atomic E-state index is 12.7. The van der Waals surface area contributed by atoms with Crippen molar-refractivity contribution >= 4 is 18.6 Å². The van der Waals surface area contributed by atoms with Crippen LogP contribution in [0.2, 0.25) is 0 Å². The SMILES string of the molecule is CCOC(=O)Cc1c(S)ccc(C(F)F)c1C#N. The molecular weight excluding hydrogens is 260 g/mol. The van der Waals surface area contributed by atoms with Gasteiger partial charge in [-0.15, -0.1) is 12.6 Å². The molecule has 0 saturated heterocycles. The zero-order valence-corrected chi connectivity index (χ0v) is 10.5. The minimum atomic E-state index is -2.77. The molecule has 1 aromatic rings. The van der Waals surface area contributed by atoms with Crippen molar-refractivity contribution in [1.29, 1.82) is 5.26 Å². The molecular formula is C12H11F2NO2S. The van der Waals surface area contributed by atoms with Crippen molar-refractivity contribution in [2.45, 2.75) is 24.7 Å². The first kappa shape index (κ1) is 14.5. The molecule has 0 aliphatic carbocycles. The zero-order valence-electron chi connectivity index (χ0n) is 9.61. The van der Waals surface area contributed by atoms with Crippen LogP contribution in [-0.2, 0) is 16.0 Å². The van der Waals surface area contributed by atoms with Gasteiger partial charge in [0.2, 0.25) is 0 Å². The van der Waals surface area contributed by atoms with Gasteiger partial charge in [0, 0.05) is 10.5 Å². The molecule has 1 rings (SSSR count). The topological polar surface area (TPSA) is 50.1 Å². The van der Waals surface area contributed by atoms with E-state index < -0.39 is 18.0 Å². The van der Waals surface area contributed by atoms with Crippen LogP contribution in [0.25, 0.3) is 0 Å². The molecule has 0 bridgehead atoms. The highest BCUT2D eigenvalue weighted by atomic mass is 32.1. The van der Waals surface area contributed by atoms with E-state index in [4.69, 9.17) is 10.00 Å². The number of alkyl halides is 2. The van der Waals surface area contributed by atoms with E-state index >= 15 is 0 Å². The number of benzene rings is 1. The largest absolute Gasteiger partial charge is 0.466 e. The summed E-state index contributed by atoms with van der Waals surface area (Å²) in [5, 5.41) is 8.95. The molecule has 0 N–H and O–H groups in total. The third-order valence-corrected chi connectivity index (χ3v) is 2.71. The number of nitriles is 1. The maximum absolute atomic E-state index is 12.7. The molecule has 0 atom stereocenters. The van der Waals surface area contributed by atoms with Crippen molar-refractivity contribution in [1.82, 2.24) is 0 Å². The number of hydrogen-bond donors (Lipinski definition) is 1. The maximum Gasteiger partial charge on any atom is 0.310 e. The van der Waals surface area contributed by atoms with Gasteiger partial charge in [-0.2, -0.15) is 5.26 Å². The molecule has 0 unspecified atom stereocenters. The first-order chi connectivity index (χ1) is 8.51. The van der Waals surface area contributed by atoms with E-state index in [-0.39, 0.29) is 24.2 Å². The Labute approximate surface area is 109 Å². The van der Waals surface area contributed by atoms with Crippen LogP contribution in [0.15, 0.2) is 17.0 Å². The molecule has 0 heterocycles. The number of rotatable bonds is 4. The second-order valence-electron chi connectivity index (χ2n) is 3.42. The number of carbonyl (C=O) groups is 1. The van der Waals surface area contributed by atoms with Crippen molar-refractivity contribution in [3.8, 4) is 6.07 Å². The normalized spacial score (nSPS) is 10.2. The quantitative estimate of drug-likeness (QED) is 0.676. The molecule has 0 saturated carbocycles. The van der Waals surface area contributed by atoms with Gasteiger partial charge in [0.25, 0.3) is 6.43 Å². The number of thiol groups is 1. The second kappa shape index (κ2) is 6.36. The molecule has 96 valence electrons. The molecule has 0 aliphatic heterocycles. The third-order valence-electron chi connectivity index (χ3n) is 2.29. The van der Waals surface area contributed by atoms with Crippen molar-refractivity contribution in [2.75, 3.05) is 6.61 Å². The lowest BCUT2D eigenvalue weighted by Gasteiger charge is -2.11. The molecule has 0 amide bonds. The fourth-order valence-corrected chi connectivity index (χ4v) is 1.77. The Hall–Kier alpha value is -1.61. The summed E-state index contributed by atoms with van der Waals surface area (Å²) in [6, 6.07) is 4.18. The first-order valence-electron chi connectivity index (χ1n) is 5.19. The Morgan fingerprint density at radius 1 is 1.56 bits per heavy atom.